The first-order valence-electron chi connectivity index (χ1n) is 19.0. The predicted molar refractivity (Wildman–Crippen MR) is 235 cm³/mol. The van der Waals surface area contributed by atoms with Gasteiger partial charge in [-0.15, -0.1) is 0 Å². The summed E-state index contributed by atoms with van der Waals surface area (Å²) in [6, 6.07) is 71.0. The fourth-order valence-corrected chi connectivity index (χ4v) is 9.45. The van der Waals surface area contributed by atoms with Crippen LogP contribution in [0.15, 0.2) is 199 Å². The molecule has 0 saturated carbocycles. The Morgan fingerprint density at radius 3 is 1.42 bits per heavy atom. The zero-order chi connectivity index (χ0) is 36.0. The van der Waals surface area contributed by atoms with Gasteiger partial charge in [0.05, 0.1) is 0 Å². The standard InChI is InChI=1S/C54H32O/c1-2-15-35-31-36(26-25-33(35)13-1)51-43-21-9-11-23-45(43)52(46-24-12-10-22-44(46)51)47-29-28-41(38-17-5-6-18-39(38)47)48-32-50-54(42-20-8-7-19-40(42)48)53-37-16-4-3-14-34(37)27-30-49(53)55-50/h1-32H. The van der Waals surface area contributed by atoms with Gasteiger partial charge in [0, 0.05) is 10.8 Å². The summed E-state index contributed by atoms with van der Waals surface area (Å²) in [5, 5.41) is 17.2. The second-order valence-electron chi connectivity index (χ2n) is 14.7. The van der Waals surface area contributed by atoms with Crippen LogP contribution >= 0.6 is 0 Å². The van der Waals surface area contributed by atoms with Crippen LogP contribution in [0.1, 0.15) is 0 Å². The minimum atomic E-state index is 0.912. The van der Waals surface area contributed by atoms with E-state index in [0.717, 1.165) is 11.2 Å². The first-order chi connectivity index (χ1) is 27.3. The smallest absolute Gasteiger partial charge is 0.136 e. The number of hydrogen-bond donors (Lipinski definition) is 0. The third-order valence-electron chi connectivity index (χ3n) is 11.8. The van der Waals surface area contributed by atoms with Crippen LogP contribution in [0.5, 0.6) is 0 Å². The second kappa shape index (κ2) is 11.6. The van der Waals surface area contributed by atoms with Gasteiger partial charge < -0.3 is 4.42 Å². The molecule has 0 aliphatic carbocycles. The molecule has 0 saturated heterocycles. The number of benzene rings is 11. The lowest BCUT2D eigenvalue weighted by atomic mass is 9.83. The maximum absolute atomic E-state index is 6.70. The summed E-state index contributed by atoms with van der Waals surface area (Å²) < 4.78 is 6.70. The van der Waals surface area contributed by atoms with Gasteiger partial charge in [0.2, 0.25) is 0 Å². The lowest BCUT2D eigenvalue weighted by Gasteiger charge is -2.20. The molecule has 1 nitrogen and oxygen atoms in total. The van der Waals surface area contributed by atoms with Gasteiger partial charge in [-0.05, 0) is 116 Å². The summed E-state index contributed by atoms with van der Waals surface area (Å²) in [4.78, 5) is 0. The highest BCUT2D eigenvalue weighted by molar-refractivity contribution is 6.29. The van der Waals surface area contributed by atoms with Crippen molar-refractivity contribution in [3.63, 3.8) is 0 Å². The molecule has 0 unspecified atom stereocenters. The molecule has 0 aliphatic rings. The fraction of sp³-hybridized carbons (Fsp3) is 0. The van der Waals surface area contributed by atoms with Gasteiger partial charge in [-0.2, -0.15) is 0 Å². The molecular formula is C54H32O. The van der Waals surface area contributed by atoms with Crippen LogP contribution in [0.2, 0.25) is 0 Å². The highest BCUT2D eigenvalue weighted by Gasteiger charge is 2.21. The van der Waals surface area contributed by atoms with E-state index in [1.165, 1.54) is 109 Å². The molecule has 1 aromatic heterocycles. The molecule has 12 rings (SSSR count). The van der Waals surface area contributed by atoms with Crippen LogP contribution in [-0.4, -0.2) is 0 Å². The van der Waals surface area contributed by atoms with E-state index in [9.17, 15) is 0 Å². The van der Waals surface area contributed by atoms with Crippen LogP contribution in [0, 0.1) is 0 Å². The number of hydrogen-bond acceptors (Lipinski definition) is 1. The normalized spacial score (nSPS) is 12.0. The zero-order valence-electron chi connectivity index (χ0n) is 29.9. The van der Waals surface area contributed by atoms with Gasteiger partial charge >= 0.3 is 0 Å². The minimum Gasteiger partial charge on any atom is -0.456 e. The lowest BCUT2D eigenvalue weighted by Crippen LogP contribution is -1.93. The van der Waals surface area contributed by atoms with Crippen molar-refractivity contribution in [1.29, 1.82) is 0 Å². The van der Waals surface area contributed by atoms with Gasteiger partial charge in [0.25, 0.3) is 0 Å². The molecule has 0 bridgehead atoms. The molecule has 0 amide bonds. The summed E-state index contributed by atoms with van der Waals surface area (Å²) in [5.41, 5.74) is 9.22. The van der Waals surface area contributed by atoms with Crippen LogP contribution in [0.25, 0.3) is 120 Å². The van der Waals surface area contributed by atoms with Crippen LogP contribution in [-0.2, 0) is 0 Å². The Balaban J connectivity index is 1.14. The Kier molecular flexibility index (Phi) is 6.40. The molecule has 0 fully saturated rings. The molecule has 0 radical (unpaired) electrons. The van der Waals surface area contributed by atoms with E-state index >= 15 is 0 Å². The SMILES string of the molecule is c1ccc2cc(-c3c4ccccc4c(-c4ccc(-c5cc6oc7ccc8ccccc8c7c6c6ccccc56)c5ccccc45)c4ccccc34)ccc2c1. The quantitative estimate of drug-likeness (QED) is 0.168. The first kappa shape index (κ1) is 30.3. The van der Waals surface area contributed by atoms with E-state index in [0.29, 0.717) is 0 Å². The molecule has 55 heavy (non-hydrogen) atoms. The highest BCUT2D eigenvalue weighted by atomic mass is 16.3. The van der Waals surface area contributed by atoms with Gasteiger partial charge in [-0.1, -0.05) is 176 Å². The van der Waals surface area contributed by atoms with Gasteiger partial charge in [-0.25, -0.2) is 0 Å². The molecule has 254 valence electrons. The van der Waals surface area contributed by atoms with E-state index in [-0.39, 0.29) is 0 Å². The zero-order valence-corrected chi connectivity index (χ0v) is 29.9. The number of rotatable bonds is 3. The van der Waals surface area contributed by atoms with Crippen LogP contribution < -0.4 is 0 Å². The Bertz CT molecular complexity index is 3490. The maximum atomic E-state index is 6.70. The maximum Gasteiger partial charge on any atom is 0.136 e. The predicted octanol–water partition coefficient (Wildman–Crippen LogP) is 15.5. The third kappa shape index (κ3) is 4.41. The molecule has 0 spiro atoms. The van der Waals surface area contributed by atoms with Gasteiger partial charge in [0.15, 0.2) is 0 Å². The van der Waals surface area contributed by atoms with Gasteiger partial charge in [0.1, 0.15) is 11.2 Å². The Hall–Kier alpha value is -7.22. The third-order valence-corrected chi connectivity index (χ3v) is 11.8. The number of furan rings is 1. The first-order valence-corrected chi connectivity index (χ1v) is 19.0. The van der Waals surface area contributed by atoms with Crippen molar-refractivity contribution in [2.75, 3.05) is 0 Å². The second-order valence-corrected chi connectivity index (χ2v) is 14.7. The molecule has 0 N–H and O–H groups in total. The van der Waals surface area contributed by atoms with Crippen molar-refractivity contribution in [1.82, 2.24) is 0 Å². The van der Waals surface area contributed by atoms with Crippen molar-refractivity contribution < 1.29 is 4.42 Å². The van der Waals surface area contributed by atoms with E-state index in [4.69, 9.17) is 4.42 Å². The molecule has 1 heteroatoms. The van der Waals surface area contributed by atoms with Crippen molar-refractivity contribution >= 4 is 86.6 Å². The summed E-state index contributed by atoms with van der Waals surface area (Å²) in [7, 11) is 0. The Morgan fingerprint density at radius 2 is 0.727 bits per heavy atom. The topological polar surface area (TPSA) is 13.1 Å². The molecular weight excluding hydrogens is 665 g/mol. The number of fused-ring (bicyclic) bond motifs is 11. The lowest BCUT2D eigenvalue weighted by molar-refractivity contribution is 0.669. The minimum absolute atomic E-state index is 0.912. The molecule has 0 aliphatic heterocycles. The Morgan fingerprint density at radius 1 is 0.255 bits per heavy atom. The molecule has 0 atom stereocenters. The van der Waals surface area contributed by atoms with E-state index in [1.54, 1.807) is 0 Å². The average molecular weight is 697 g/mol. The van der Waals surface area contributed by atoms with Crippen LogP contribution in [0.4, 0.5) is 0 Å². The highest BCUT2D eigenvalue weighted by Crippen LogP contribution is 2.48. The van der Waals surface area contributed by atoms with Gasteiger partial charge in [-0.3, -0.25) is 0 Å². The summed E-state index contributed by atoms with van der Waals surface area (Å²) in [5.74, 6) is 0. The Labute approximate surface area is 317 Å². The van der Waals surface area contributed by atoms with Crippen molar-refractivity contribution in [3.8, 4) is 33.4 Å². The summed E-state index contributed by atoms with van der Waals surface area (Å²) in [6.07, 6.45) is 0. The largest absolute Gasteiger partial charge is 0.456 e. The van der Waals surface area contributed by atoms with Crippen LogP contribution in [0.3, 0.4) is 0 Å². The van der Waals surface area contributed by atoms with Crippen molar-refractivity contribution in [2.24, 2.45) is 0 Å². The summed E-state index contributed by atoms with van der Waals surface area (Å²) >= 11 is 0. The molecule has 11 aromatic carbocycles. The monoisotopic (exact) mass is 696 g/mol. The van der Waals surface area contributed by atoms with E-state index < -0.39 is 0 Å². The van der Waals surface area contributed by atoms with E-state index in [2.05, 4.69) is 194 Å². The van der Waals surface area contributed by atoms with Crippen molar-refractivity contribution in [3.05, 3.63) is 194 Å². The van der Waals surface area contributed by atoms with Crippen molar-refractivity contribution in [2.45, 2.75) is 0 Å². The summed E-state index contributed by atoms with van der Waals surface area (Å²) in [6.45, 7) is 0. The van der Waals surface area contributed by atoms with E-state index in [1.807, 2.05) is 0 Å². The molecule has 1 heterocycles. The average Bonchev–Trinajstić information content (AvgIpc) is 3.64. The molecule has 12 aromatic rings. The fourth-order valence-electron chi connectivity index (χ4n) is 9.45.